The van der Waals surface area contributed by atoms with Crippen LogP contribution in [-0.4, -0.2) is 0 Å². The minimum absolute atomic E-state index is 0.0966. The highest BCUT2D eigenvalue weighted by Crippen LogP contribution is 2.35. The quantitative estimate of drug-likeness (QED) is 0.193. The zero-order valence-electron chi connectivity index (χ0n) is 16.7. The molecule has 0 amide bonds. The van der Waals surface area contributed by atoms with E-state index in [9.17, 15) is 0 Å². The Labute approximate surface area is 190 Å². The summed E-state index contributed by atoms with van der Waals surface area (Å²) in [6.07, 6.45) is 0.972. The van der Waals surface area contributed by atoms with Crippen LogP contribution in [0.4, 0.5) is 0 Å². The van der Waals surface area contributed by atoms with E-state index in [2.05, 4.69) is 134 Å². The summed E-state index contributed by atoms with van der Waals surface area (Å²) < 4.78 is 1.28. The van der Waals surface area contributed by atoms with Crippen molar-refractivity contribution in [2.75, 3.05) is 0 Å². The van der Waals surface area contributed by atoms with Gasteiger partial charge in [-0.05, 0) is 90.4 Å². The van der Waals surface area contributed by atoms with Crippen LogP contribution >= 0.6 is 22.6 Å². The molecule has 0 fully saturated rings. The molecule has 2 heteroatoms. The van der Waals surface area contributed by atoms with Crippen molar-refractivity contribution >= 4 is 33.5 Å². The van der Waals surface area contributed by atoms with Crippen molar-refractivity contribution < 1.29 is 0 Å². The van der Waals surface area contributed by atoms with Gasteiger partial charge >= 0.3 is 0 Å². The average molecular weight is 507 g/mol. The summed E-state index contributed by atoms with van der Waals surface area (Å²) in [6, 6.07) is 35.6. The van der Waals surface area contributed by atoms with E-state index in [4.69, 9.17) is 0 Å². The van der Waals surface area contributed by atoms with Crippen molar-refractivity contribution in [3.8, 4) is 0 Å². The first-order valence-electron chi connectivity index (χ1n) is 9.81. The van der Waals surface area contributed by atoms with Crippen LogP contribution in [0.2, 0.25) is 0 Å². The fourth-order valence-electron chi connectivity index (χ4n) is 3.52. The smallest absolute Gasteiger partial charge is 0.0616 e. The lowest BCUT2D eigenvalue weighted by Gasteiger charge is -2.12. The maximum Gasteiger partial charge on any atom is 0.169 e. The van der Waals surface area contributed by atoms with Crippen LogP contribution in [0.25, 0.3) is 0 Å². The summed E-state index contributed by atoms with van der Waals surface area (Å²) >= 11 is 2.36. The molecular weight excluding hydrogens is 483 g/mol. The molecule has 4 aromatic carbocycles. The van der Waals surface area contributed by atoms with Crippen LogP contribution < -0.4 is 0 Å². The first-order valence-corrected chi connectivity index (χ1v) is 12.1. The van der Waals surface area contributed by atoms with Gasteiger partial charge < -0.3 is 0 Å². The van der Waals surface area contributed by atoms with E-state index in [1.165, 1.54) is 40.5 Å². The second-order valence-corrected chi connectivity index (χ2v) is 10.5. The van der Waals surface area contributed by atoms with E-state index in [-0.39, 0.29) is 10.9 Å². The molecule has 0 aliphatic rings. The Morgan fingerprint density at radius 3 is 1.52 bits per heavy atom. The van der Waals surface area contributed by atoms with Gasteiger partial charge in [0.15, 0.2) is 14.7 Å². The van der Waals surface area contributed by atoms with E-state index in [0.29, 0.717) is 0 Å². The summed E-state index contributed by atoms with van der Waals surface area (Å²) in [7, 11) is -0.0966. The molecule has 0 bridgehead atoms. The number of rotatable bonds is 5. The second kappa shape index (κ2) is 9.19. The summed E-state index contributed by atoms with van der Waals surface area (Å²) in [5, 5.41) is 0. The van der Waals surface area contributed by atoms with Crippen molar-refractivity contribution in [3.05, 3.63) is 123 Å². The highest BCUT2D eigenvalue weighted by molar-refractivity contribution is 14.1. The Hall–Kier alpha value is -2.04. The van der Waals surface area contributed by atoms with Crippen molar-refractivity contribution in [2.45, 2.75) is 35.0 Å². The first-order chi connectivity index (χ1) is 14.1. The Kier molecular flexibility index (Phi) is 6.41. The van der Waals surface area contributed by atoms with Gasteiger partial charge in [0.05, 0.1) is 10.9 Å². The van der Waals surface area contributed by atoms with Crippen LogP contribution in [0.1, 0.15) is 22.3 Å². The van der Waals surface area contributed by atoms with Crippen LogP contribution in [0.15, 0.2) is 112 Å². The molecule has 0 unspecified atom stereocenters. The monoisotopic (exact) mass is 507 g/mol. The molecule has 4 rings (SSSR count). The number of benzene rings is 4. The van der Waals surface area contributed by atoms with E-state index in [0.717, 1.165) is 6.42 Å². The topological polar surface area (TPSA) is 0 Å². The predicted molar refractivity (Wildman–Crippen MR) is 133 cm³/mol. The molecule has 0 aliphatic heterocycles. The molecule has 29 heavy (non-hydrogen) atoms. The number of hydrogen-bond donors (Lipinski definition) is 0. The van der Waals surface area contributed by atoms with Crippen molar-refractivity contribution in [2.24, 2.45) is 0 Å². The number of hydrogen-bond acceptors (Lipinski definition) is 0. The van der Waals surface area contributed by atoms with Gasteiger partial charge in [0.2, 0.25) is 0 Å². The minimum Gasteiger partial charge on any atom is -0.0616 e. The maximum absolute atomic E-state index is 2.36. The summed E-state index contributed by atoms with van der Waals surface area (Å²) in [5.41, 5.74) is 5.41. The molecule has 0 saturated heterocycles. The SMILES string of the molecule is Cc1ccccc1[S+](c1ccc(Cc2ccc(I)cc2)cc1)c1ccccc1C. The number of aryl methyl sites for hydroxylation is 2. The molecule has 0 N–H and O–H groups in total. The van der Waals surface area contributed by atoms with E-state index in [1.54, 1.807) is 0 Å². The maximum atomic E-state index is 2.36. The van der Waals surface area contributed by atoms with Crippen LogP contribution in [0.5, 0.6) is 0 Å². The van der Waals surface area contributed by atoms with E-state index < -0.39 is 0 Å². The summed E-state index contributed by atoms with van der Waals surface area (Å²) in [5.74, 6) is 0. The van der Waals surface area contributed by atoms with Gasteiger partial charge in [-0.2, -0.15) is 0 Å². The minimum atomic E-state index is -0.0966. The third-order valence-corrected chi connectivity index (χ3v) is 8.37. The van der Waals surface area contributed by atoms with Crippen molar-refractivity contribution in [1.29, 1.82) is 0 Å². The van der Waals surface area contributed by atoms with Crippen LogP contribution in [-0.2, 0) is 17.3 Å². The fourth-order valence-corrected chi connectivity index (χ4v) is 6.25. The molecule has 0 saturated carbocycles. The van der Waals surface area contributed by atoms with E-state index in [1.807, 2.05) is 0 Å². The molecule has 0 atom stereocenters. The molecular formula is C27H24IS+. The third-order valence-electron chi connectivity index (χ3n) is 5.11. The number of halogens is 1. The summed E-state index contributed by atoms with van der Waals surface area (Å²) in [6.45, 7) is 4.44. The molecule has 0 spiro atoms. The van der Waals surface area contributed by atoms with Crippen LogP contribution in [0.3, 0.4) is 0 Å². The van der Waals surface area contributed by atoms with Gasteiger partial charge in [-0.3, -0.25) is 0 Å². The van der Waals surface area contributed by atoms with Gasteiger partial charge in [-0.25, -0.2) is 0 Å². The first kappa shape index (κ1) is 20.2. The van der Waals surface area contributed by atoms with Crippen molar-refractivity contribution in [3.63, 3.8) is 0 Å². The molecule has 0 heterocycles. The van der Waals surface area contributed by atoms with Gasteiger partial charge in [0.25, 0.3) is 0 Å². The molecule has 0 radical (unpaired) electrons. The zero-order valence-corrected chi connectivity index (χ0v) is 19.7. The lowest BCUT2D eigenvalue weighted by Crippen LogP contribution is -2.08. The standard InChI is InChI=1S/C27H24IS/c1-20-7-3-5-9-26(20)29(27-10-6-4-8-21(27)2)25-17-13-23(14-18-25)19-22-11-15-24(28)16-12-22/h3-18H,19H2,1-2H3/q+1. The Bertz CT molecular complexity index is 1050. The molecule has 4 aromatic rings. The van der Waals surface area contributed by atoms with E-state index >= 15 is 0 Å². The third kappa shape index (κ3) is 4.76. The highest BCUT2D eigenvalue weighted by atomic mass is 127. The zero-order chi connectivity index (χ0) is 20.2. The fraction of sp³-hybridized carbons (Fsp3) is 0.111. The lowest BCUT2D eigenvalue weighted by molar-refractivity contribution is 1.17. The largest absolute Gasteiger partial charge is 0.169 e. The van der Waals surface area contributed by atoms with Gasteiger partial charge in [0.1, 0.15) is 0 Å². The van der Waals surface area contributed by atoms with Gasteiger partial charge in [0, 0.05) is 14.7 Å². The highest BCUT2D eigenvalue weighted by Gasteiger charge is 2.31. The summed E-state index contributed by atoms with van der Waals surface area (Å²) in [4.78, 5) is 4.19. The lowest BCUT2D eigenvalue weighted by atomic mass is 10.1. The Balaban J connectivity index is 1.71. The van der Waals surface area contributed by atoms with Gasteiger partial charge in [-0.15, -0.1) is 0 Å². The molecule has 0 aliphatic carbocycles. The van der Waals surface area contributed by atoms with Gasteiger partial charge in [-0.1, -0.05) is 60.7 Å². The Morgan fingerprint density at radius 1 is 0.586 bits per heavy atom. The predicted octanol–water partition coefficient (Wildman–Crippen LogP) is 7.59. The van der Waals surface area contributed by atoms with Crippen molar-refractivity contribution in [1.82, 2.24) is 0 Å². The Morgan fingerprint density at radius 2 is 1.03 bits per heavy atom. The normalized spacial score (nSPS) is 11.0. The average Bonchev–Trinajstić information content (AvgIpc) is 2.74. The molecule has 0 aromatic heterocycles. The molecule has 0 nitrogen and oxygen atoms in total. The second-order valence-electron chi connectivity index (χ2n) is 7.28. The molecule has 144 valence electrons. The van der Waals surface area contributed by atoms with Crippen LogP contribution in [0, 0.1) is 17.4 Å².